The first-order valence-corrected chi connectivity index (χ1v) is 6.81. The van der Waals surface area contributed by atoms with Crippen molar-refractivity contribution in [3.63, 3.8) is 0 Å². The molecule has 0 atom stereocenters. The van der Waals surface area contributed by atoms with Gasteiger partial charge in [-0.25, -0.2) is 13.8 Å². The highest BCUT2D eigenvalue weighted by Crippen LogP contribution is 2.18. The molecule has 0 aromatic carbocycles. The summed E-state index contributed by atoms with van der Waals surface area (Å²) in [7, 11) is 0. The van der Waals surface area contributed by atoms with Gasteiger partial charge >= 0.3 is 5.82 Å². The molecule has 0 fully saturated rings. The molecule has 0 aliphatic carbocycles. The van der Waals surface area contributed by atoms with Gasteiger partial charge in [0.1, 0.15) is 22.5 Å². The molecule has 2 heterocycles. The number of imidazole rings is 1. The number of nitro groups is 1. The van der Waals surface area contributed by atoms with Gasteiger partial charge in [-0.05, 0) is 18.8 Å². The van der Waals surface area contributed by atoms with E-state index in [1.165, 1.54) is 15.9 Å². The molecular weight excluding hydrogens is 290 g/mol. The lowest BCUT2D eigenvalue weighted by Gasteiger charge is -2.00. The maximum Gasteiger partial charge on any atom is 0.343 e. The molecule has 0 unspecified atom stereocenters. The zero-order valence-corrected chi connectivity index (χ0v) is 11.7. The molecule has 10 heteroatoms. The second kappa shape index (κ2) is 5.36. The first-order chi connectivity index (χ1) is 9.08. The van der Waals surface area contributed by atoms with E-state index < -0.39 is 4.92 Å². The summed E-state index contributed by atoms with van der Waals surface area (Å²) in [6, 6.07) is 0. The van der Waals surface area contributed by atoms with E-state index in [1.807, 2.05) is 0 Å². The Hall–Kier alpha value is -1.94. The molecule has 0 amide bonds. The summed E-state index contributed by atoms with van der Waals surface area (Å²) in [6.07, 6.45) is 1.14. The predicted molar refractivity (Wildman–Crippen MR) is 70.6 cm³/mol. The minimum atomic E-state index is -0.529. The maximum absolute atomic E-state index is 11.3. The smallest absolute Gasteiger partial charge is 0.343 e. The fraction of sp³-hybridized carbons (Fsp3) is 0.333. The fourth-order valence-electron chi connectivity index (χ4n) is 1.56. The van der Waals surface area contributed by atoms with E-state index >= 15 is 0 Å². The van der Waals surface area contributed by atoms with Crippen LogP contribution in [0.25, 0.3) is 0 Å². The van der Waals surface area contributed by atoms with Crippen LogP contribution in [-0.4, -0.2) is 33.7 Å². The van der Waals surface area contributed by atoms with Gasteiger partial charge < -0.3 is 10.1 Å². The SMILES string of the molecule is CCn1c([N+](=O)[O-])cnc1C(=S=O)c1nnc(C)s1. The molecule has 0 radical (unpaired) electrons. The van der Waals surface area contributed by atoms with Crippen molar-refractivity contribution in [2.75, 3.05) is 0 Å². The lowest BCUT2D eigenvalue weighted by Crippen LogP contribution is -2.13. The highest BCUT2D eigenvalue weighted by molar-refractivity contribution is 7.68. The first-order valence-electron chi connectivity index (χ1n) is 5.26. The van der Waals surface area contributed by atoms with Crippen molar-refractivity contribution < 1.29 is 9.13 Å². The van der Waals surface area contributed by atoms with Crippen molar-refractivity contribution in [3.05, 3.63) is 32.2 Å². The van der Waals surface area contributed by atoms with Crippen LogP contribution in [0.3, 0.4) is 0 Å². The molecule has 0 N–H and O–H groups in total. The molecule has 2 rings (SSSR count). The third-order valence-electron chi connectivity index (χ3n) is 2.34. The topological polar surface area (TPSA) is 104 Å². The van der Waals surface area contributed by atoms with E-state index in [0.717, 1.165) is 6.20 Å². The zero-order valence-electron chi connectivity index (χ0n) is 10.1. The van der Waals surface area contributed by atoms with Gasteiger partial charge in [0.2, 0.25) is 5.82 Å². The molecule has 0 bridgehead atoms. The molecular formula is C9H9N5O3S2. The van der Waals surface area contributed by atoms with Gasteiger partial charge in [-0.15, -0.1) is 10.2 Å². The van der Waals surface area contributed by atoms with Crippen molar-refractivity contribution in [2.45, 2.75) is 20.4 Å². The van der Waals surface area contributed by atoms with E-state index in [4.69, 9.17) is 0 Å². The third kappa shape index (κ3) is 2.44. The average Bonchev–Trinajstić information content (AvgIpc) is 2.97. The summed E-state index contributed by atoms with van der Waals surface area (Å²) in [5.74, 6) is 0.107. The van der Waals surface area contributed by atoms with E-state index in [9.17, 15) is 14.3 Å². The molecule has 2 aromatic heterocycles. The summed E-state index contributed by atoms with van der Waals surface area (Å²) >= 11 is 1.46. The molecule has 0 saturated carbocycles. The Kier molecular flexibility index (Phi) is 3.81. The Bertz CT molecular complexity index is 686. The summed E-state index contributed by atoms with van der Waals surface area (Å²) in [5, 5.41) is 19.7. The van der Waals surface area contributed by atoms with E-state index in [-0.39, 0.29) is 27.8 Å². The Morgan fingerprint density at radius 2 is 2.32 bits per heavy atom. The summed E-state index contributed by atoms with van der Waals surface area (Å²) in [6.45, 7) is 3.85. The zero-order chi connectivity index (χ0) is 14.0. The average molecular weight is 299 g/mol. The first kappa shape index (κ1) is 13.5. The molecule has 0 saturated heterocycles. The number of nitrogens with zero attached hydrogens (tertiary/aromatic N) is 5. The predicted octanol–water partition coefficient (Wildman–Crippen LogP) is 0.753. The van der Waals surface area contributed by atoms with Crippen LogP contribution >= 0.6 is 11.3 Å². The lowest BCUT2D eigenvalue weighted by molar-refractivity contribution is -0.392. The normalized spacial score (nSPS) is 10.4. The Balaban J connectivity index is 2.57. The van der Waals surface area contributed by atoms with Gasteiger partial charge in [0.25, 0.3) is 0 Å². The number of aryl methyl sites for hydroxylation is 1. The fourth-order valence-corrected chi connectivity index (χ4v) is 2.77. The maximum atomic E-state index is 11.3. The van der Waals surface area contributed by atoms with Gasteiger partial charge in [0.15, 0.2) is 9.87 Å². The summed E-state index contributed by atoms with van der Waals surface area (Å²) < 4.78 is 12.7. The van der Waals surface area contributed by atoms with Gasteiger partial charge in [0, 0.05) is 0 Å². The van der Waals surface area contributed by atoms with E-state index in [0.29, 0.717) is 16.6 Å². The lowest BCUT2D eigenvalue weighted by atomic mass is 10.4. The molecule has 19 heavy (non-hydrogen) atoms. The summed E-state index contributed by atoms with van der Waals surface area (Å²) in [4.78, 5) is 14.6. The minimum absolute atomic E-state index is 0.148. The number of hydrogen-bond acceptors (Lipinski definition) is 7. The van der Waals surface area contributed by atoms with Crippen LogP contribution in [0.2, 0.25) is 0 Å². The molecule has 0 aliphatic rings. The van der Waals surface area contributed by atoms with Crippen molar-refractivity contribution in [1.29, 1.82) is 0 Å². The van der Waals surface area contributed by atoms with Crippen LogP contribution in [-0.2, 0) is 17.8 Å². The van der Waals surface area contributed by atoms with Crippen LogP contribution in [0.5, 0.6) is 0 Å². The number of aromatic nitrogens is 4. The highest BCUT2D eigenvalue weighted by atomic mass is 32.1. The second-order valence-electron chi connectivity index (χ2n) is 3.48. The molecule has 0 aliphatic heterocycles. The van der Waals surface area contributed by atoms with Gasteiger partial charge in [-0.2, -0.15) is 0 Å². The Morgan fingerprint density at radius 3 is 2.79 bits per heavy atom. The molecule has 0 spiro atoms. The largest absolute Gasteiger partial charge is 0.358 e. The minimum Gasteiger partial charge on any atom is -0.358 e. The van der Waals surface area contributed by atoms with Crippen LogP contribution in [0.4, 0.5) is 5.82 Å². The van der Waals surface area contributed by atoms with Gasteiger partial charge in [0.05, 0.1) is 6.54 Å². The Morgan fingerprint density at radius 1 is 1.58 bits per heavy atom. The monoisotopic (exact) mass is 299 g/mol. The van der Waals surface area contributed by atoms with Crippen LogP contribution in [0, 0.1) is 17.0 Å². The Labute approximate surface area is 115 Å². The third-order valence-corrected chi connectivity index (χ3v) is 3.87. The van der Waals surface area contributed by atoms with E-state index in [2.05, 4.69) is 15.2 Å². The molecule has 2 aromatic rings. The number of rotatable bonds is 4. The van der Waals surface area contributed by atoms with Gasteiger partial charge in [-0.1, -0.05) is 11.3 Å². The quantitative estimate of drug-likeness (QED) is 0.357. The number of hydrogen-bond donors (Lipinski definition) is 0. The molecule has 100 valence electrons. The van der Waals surface area contributed by atoms with Crippen LogP contribution in [0.1, 0.15) is 22.8 Å². The van der Waals surface area contributed by atoms with Crippen molar-refractivity contribution in [2.24, 2.45) is 0 Å². The van der Waals surface area contributed by atoms with Crippen LogP contribution in [0.15, 0.2) is 6.20 Å². The van der Waals surface area contributed by atoms with Crippen molar-refractivity contribution >= 4 is 33.3 Å². The van der Waals surface area contributed by atoms with Crippen LogP contribution < -0.4 is 0 Å². The van der Waals surface area contributed by atoms with Gasteiger partial charge in [-0.3, -0.25) is 0 Å². The van der Waals surface area contributed by atoms with Crippen molar-refractivity contribution in [3.8, 4) is 0 Å². The summed E-state index contributed by atoms with van der Waals surface area (Å²) in [5.41, 5.74) is 0. The second-order valence-corrected chi connectivity index (χ2v) is 5.24. The molecule has 8 nitrogen and oxygen atoms in total. The van der Waals surface area contributed by atoms with Crippen molar-refractivity contribution in [1.82, 2.24) is 19.7 Å². The van der Waals surface area contributed by atoms with E-state index in [1.54, 1.807) is 13.8 Å². The highest BCUT2D eigenvalue weighted by Gasteiger charge is 2.25. The standard InChI is InChI=1S/C9H9N5O3S2/c1-3-13-6(14(15)16)4-10-8(13)7(19-17)9-12-11-5(2)18-9/h4H,3H2,1-2H3.